The number of hydrogen-bond acceptors (Lipinski definition) is 4. The number of rotatable bonds is 13. The second-order valence-corrected chi connectivity index (χ2v) is 12.3. The van der Waals surface area contributed by atoms with Crippen LogP contribution in [0.2, 0.25) is 0 Å². The van der Waals surface area contributed by atoms with Gasteiger partial charge in [0.25, 0.3) is 10.0 Å². The van der Waals surface area contributed by atoms with Gasteiger partial charge < -0.3 is 10.2 Å². The number of anilines is 1. The van der Waals surface area contributed by atoms with Crippen molar-refractivity contribution in [2.45, 2.75) is 50.2 Å². The Bertz CT molecular complexity index is 1640. The monoisotopic (exact) mass is 619 g/mol. The average Bonchev–Trinajstić information content (AvgIpc) is 3.03. The molecule has 2 atom stereocenters. The highest BCUT2D eigenvalue weighted by Gasteiger charge is 2.35. The fourth-order valence-corrected chi connectivity index (χ4v) is 6.07. The van der Waals surface area contributed by atoms with Crippen LogP contribution in [0.1, 0.15) is 31.4 Å². The van der Waals surface area contributed by atoms with E-state index >= 15 is 0 Å². The van der Waals surface area contributed by atoms with Crippen molar-refractivity contribution in [3.05, 3.63) is 132 Å². The number of halogens is 2. The first-order chi connectivity index (χ1) is 21.1. The van der Waals surface area contributed by atoms with Crippen molar-refractivity contribution in [1.82, 2.24) is 10.2 Å². The van der Waals surface area contributed by atoms with Gasteiger partial charge in [0.05, 0.1) is 10.6 Å². The predicted octanol–water partition coefficient (Wildman–Crippen LogP) is 5.71. The van der Waals surface area contributed by atoms with E-state index in [1.165, 1.54) is 53.4 Å². The van der Waals surface area contributed by atoms with E-state index in [1.807, 2.05) is 44.2 Å². The smallest absolute Gasteiger partial charge is 0.264 e. The number of hydrogen-bond donors (Lipinski definition) is 1. The third-order valence-corrected chi connectivity index (χ3v) is 9.05. The van der Waals surface area contributed by atoms with Gasteiger partial charge in [-0.15, -0.1) is 0 Å². The van der Waals surface area contributed by atoms with Crippen LogP contribution < -0.4 is 9.62 Å². The summed E-state index contributed by atoms with van der Waals surface area (Å²) in [5, 5.41) is 2.96. The molecular weight excluding hydrogens is 584 g/mol. The van der Waals surface area contributed by atoms with Gasteiger partial charge >= 0.3 is 0 Å². The molecule has 0 saturated carbocycles. The summed E-state index contributed by atoms with van der Waals surface area (Å²) in [7, 11) is -4.29. The summed E-state index contributed by atoms with van der Waals surface area (Å²) in [6, 6.07) is 25.9. The minimum absolute atomic E-state index is 0.0578. The lowest BCUT2D eigenvalue weighted by Crippen LogP contribution is -2.54. The Morgan fingerprint density at radius 2 is 1.32 bits per heavy atom. The van der Waals surface area contributed by atoms with E-state index in [4.69, 9.17) is 0 Å². The molecule has 0 aliphatic carbocycles. The van der Waals surface area contributed by atoms with Gasteiger partial charge in [-0.25, -0.2) is 17.2 Å². The third-order valence-electron chi connectivity index (χ3n) is 7.26. The first-order valence-corrected chi connectivity index (χ1v) is 15.7. The van der Waals surface area contributed by atoms with Crippen molar-refractivity contribution >= 4 is 27.5 Å². The van der Waals surface area contributed by atoms with E-state index in [1.54, 1.807) is 18.2 Å². The van der Waals surface area contributed by atoms with Crippen LogP contribution in [0.15, 0.2) is 114 Å². The minimum atomic E-state index is -4.29. The second-order valence-electron chi connectivity index (χ2n) is 10.5. The topological polar surface area (TPSA) is 86.8 Å². The molecule has 0 saturated heterocycles. The highest BCUT2D eigenvalue weighted by molar-refractivity contribution is 7.92. The number of sulfonamides is 1. The largest absolute Gasteiger partial charge is 0.352 e. The lowest BCUT2D eigenvalue weighted by molar-refractivity contribution is -0.140. The number of nitrogens with zero attached hydrogens (tertiary/aromatic N) is 2. The summed E-state index contributed by atoms with van der Waals surface area (Å²) in [6.07, 6.45) is 0.807. The molecular formula is C34H35F2N3O4S. The Morgan fingerprint density at radius 1 is 0.773 bits per heavy atom. The SMILES string of the molecule is CC[C@@H](C)NC(=O)[C@H](Cc1ccccc1)N(Cc1ccc(F)cc1)C(=O)CN(c1ccc(F)cc1)S(=O)(=O)c1ccccc1. The second kappa shape index (κ2) is 14.7. The molecule has 0 spiro atoms. The highest BCUT2D eigenvalue weighted by Crippen LogP contribution is 2.25. The lowest BCUT2D eigenvalue weighted by atomic mass is 10.0. The van der Waals surface area contributed by atoms with Gasteiger partial charge in [0.2, 0.25) is 11.8 Å². The molecule has 7 nitrogen and oxygen atoms in total. The molecule has 230 valence electrons. The van der Waals surface area contributed by atoms with E-state index in [0.29, 0.717) is 12.0 Å². The van der Waals surface area contributed by atoms with E-state index < -0.39 is 46.1 Å². The maximum Gasteiger partial charge on any atom is 0.264 e. The zero-order chi connectivity index (χ0) is 31.7. The van der Waals surface area contributed by atoms with Crippen molar-refractivity contribution in [3.63, 3.8) is 0 Å². The molecule has 0 aliphatic rings. The quantitative estimate of drug-likeness (QED) is 0.208. The highest BCUT2D eigenvalue weighted by atomic mass is 32.2. The third kappa shape index (κ3) is 8.29. The summed E-state index contributed by atoms with van der Waals surface area (Å²) in [5.41, 5.74) is 1.42. The Labute approximate surface area is 257 Å². The Kier molecular flexibility index (Phi) is 10.8. The summed E-state index contributed by atoms with van der Waals surface area (Å²) in [4.78, 5) is 29.4. The van der Waals surface area contributed by atoms with Gasteiger partial charge in [-0.05, 0) is 73.0 Å². The number of carbonyl (C=O) groups excluding carboxylic acids is 2. The van der Waals surface area contributed by atoms with Gasteiger partial charge in [-0.3, -0.25) is 13.9 Å². The van der Waals surface area contributed by atoms with Gasteiger partial charge in [0.1, 0.15) is 24.2 Å². The van der Waals surface area contributed by atoms with E-state index in [9.17, 15) is 26.8 Å². The fourth-order valence-electron chi connectivity index (χ4n) is 4.64. The molecule has 1 N–H and O–H groups in total. The van der Waals surface area contributed by atoms with Crippen molar-refractivity contribution in [2.75, 3.05) is 10.8 Å². The van der Waals surface area contributed by atoms with Crippen molar-refractivity contribution in [3.8, 4) is 0 Å². The molecule has 0 unspecified atom stereocenters. The van der Waals surface area contributed by atoms with Gasteiger partial charge in [-0.2, -0.15) is 0 Å². The Hall–Kier alpha value is -4.57. The number of nitrogens with one attached hydrogen (secondary N) is 1. The molecule has 4 aromatic rings. The molecule has 4 rings (SSSR count). The summed E-state index contributed by atoms with van der Waals surface area (Å²) >= 11 is 0. The van der Waals surface area contributed by atoms with Crippen LogP contribution in [0.25, 0.3) is 0 Å². The van der Waals surface area contributed by atoms with Crippen LogP contribution in [0, 0.1) is 11.6 Å². The Balaban J connectivity index is 1.79. The molecule has 0 heterocycles. The van der Waals surface area contributed by atoms with E-state index in [-0.39, 0.29) is 29.6 Å². The molecule has 10 heteroatoms. The van der Waals surface area contributed by atoms with Crippen LogP contribution in [-0.2, 0) is 32.6 Å². The first-order valence-electron chi connectivity index (χ1n) is 14.3. The van der Waals surface area contributed by atoms with Crippen molar-refractivity contribution < 1.29 is 26.8 Å². The van der Waals surface area contributed by atoms with E-state index in [0.717, 1.165) is 22.0 Å². The fraction of sp³-hybridized carbons (Fsp3) is 0.235. The van der Waals surface area contributed by atoms with Gasteiger partial charge in [0.15, 0.2) is 0 Å². The van der Waals surface area contributed by atoms with Crippen LogP contribution in [-0.4, -0.2) is 43.8 Å². The molecule has 44 heavy (non-hydrogen) atoms. The van der Waals surface area contributed by atoms with E-state index in [2.05, 4.69) is 5.32 Å². The molecule has 2 amide bonds. The van der Waals surface area contributed by atoms with Gasteiger partial charge in [-0.1, -0.05) is 67.6 Å². The first kappa shape index (κ1) is 32.3. The van der Waals surface area contributed by atoms with Crippen LogP contribution in [0.4, 0.5) is 14.5 Å². The summed E-state index contributed by atoms with van der Waals surface area (Å²) < 4.78 is 56.3. The molecule has 0 bridgehead atoms. The molecule has 0 aliphatic heterocycles. The Morgan fingerprint density at radius 3 is 1.89 bits per heavy atom. The van der Waals surface area contributed by atoms with Crippen LogP contribution in [0.3, 0.4) is 0 Å². The number of carbonyl (C=O) groups is 2. The summed E-state index contributed by atoms with van der Waals surface area (Å²) in [6.45, 7) is 3.01. The molecule has 0 radical (unpaired) electrons. The maximum atomic E-state index is 14.3. The summed E-state index contributed by atoms with van der Waals surface area (Å²) in [5.74, 6) is -2.10. The predicted molar refractivity (Wildman–Crippen MR) is 166 cm³/mol. The standard InChI is InChI=1S/C34H35F2N3O4S/c1-3-25(2)37-34(41)32(22-26-10-6-4-7-11-26)38(23-27-14-16-28(35)17-15-27)33(40)24-39(30-20-18-29(36)19-21-30)44(42,43)31-12-8-5-9-13-31/h4-21,25,32H,3,22-24H2,1-2H3,(H,37,41)/t25-,32+/m1/s1. The zero-order valence-corrected chi connectivity index (χ0v) is 25.4. The lowest BCUT2D eigenvalue weighted by Gasteiger charge is -2.34. The number of amides is 2. The van der Waals surface area contributed by atoms with Gasteiger partial charge in [0, 0.05) is 19.0 Å². The van der Waals surface area contributed by atoms with Crippen LogP contribution in [0.5, 0.6) is 0 Å². The molecule has 0 fully saturated rings. The minimum Gasteiger partial charge on any atom is -0.352 e. The van der Waals surface area contributed by atoms with Crippen molar-refractivity contribution in [2.24, 2.45) is 0 Å². The normalized spacial score (nSPS) is 12.6. The average molecular weight is 620 g/mol. The number of benzene rings is 4. The molecule has 4 aromatic carbocycles. The zero-order valence-electron chi connectivity index (χ0n) is 24.6. The maximum absolute atomic E-state index is 14.3. The molecule has 0 aromatic heterocycles. The van der Waals surface area contributed by atoms with Crippen molar-refractivity contribution in [1.29, 1.82) is 0 Å². The van der Waals surface area contributed by atoms with Crippen LogP contribution >= 0.6 is 0 Å².